The lowest BCUT2D eigenvalue weighted by atomic mass is 9.62. The first kappa shape index (κ1) is 12.0. The Labute approximate surface area is 105 Å². The monoisotopic (exact) mass is 238 g/mol. The normalized spacial score (nSPS) is 41.8. The van der Waals surface area contributed by atoms with E-state index in [0.717, 1.165) is 37.5 Å². The molecular formula is C16H27F. The molecule has 0 nitrogen and oxygen atoms in total. The molecule has 0 amide bonds. The van der Waals surface area contributed by atoms with Crippen molar-refractivity contribution in [3.63, 3.8) is 0 Å². The third-order valence-electron chi connectivity index (χ3n) is 5.96. The van der Waals surface area contributed by atoms with Crippen LogP contribution < -0.4 is 0 Å². The summed E-state index contributed by atoms with van der Waals surface area (Å²) < 4.78 is 15.0. The molecule has 1 heteroatoms. The van der Waals surface area contributed by atoms with E-state index in [1.54, 1.807) is 0 Å². The van der Waals surface area contributed by atoms with Gasteiger partial charge in [0.05, 0.1) is 0 Å². The molecule has 3 unspecified atom stereocenters. The topological polar surface area (TPSA) is 0 Å². The van der Waals surface area contributed by atoms with Gasteiger partial charge >= 0.3 is 0 Å². The van der Waals surface area contributed by atoms with Gasteiger partial charge in [0, 0.05) is 0 Å². The molecule has 0 aromatic heterocycles. The average Bonchev–Trinajstić information content (AvgIpc) is 2.39. The predicted molar refractivity (Wildman–Crippen MR) is 69.7 cm³/mol. The van der Waals surface area contributed by atoms with E-state index in [1.165, 1.54) is 51.4 Å². The van der Waals surface area contributed by atoms with E-state index >= 15 is 4.39 Å². The number of hydrogen-bond acceptors (Lipinski definition) is 0. The van der Waals surface area contributed by atoms with Crippen LogP contribution in [0.5, 0.6) is 0 Å². The van der Waals surface area contributed by atoms with Crippen LogP contribution in [0.2, 0.25) is 0 Å². The molecule has 0 radical (unpaired) electrons. The Morgan fingerprint density at radius 1 is 0.706 bits per heavy atom. The van der Waals surface area contributed by atoms with Gasteiger partial charge in [-0.05, 0) is 49.9 Å². The molecule has 3 aliphatic rings. The smallest absolute Gasteiger partial charge is 0.113 e. The molecular weight excluding hydrogens is 211 g/mol. The molecule has 3 saturated carbocycles. The van der Waals surface area contributed by atoms with Crippen LogP contribution >= 0.6 is 0 Å². The number of rotatable bonds is 1. The zero-order valence-corrected chi connectivity index (χ0v) is 11.1. The Morgan fingerprint density at radius 3 is 2.18 bits per heavy atom. The molecule has 17 heavy (non-hydrogen) atoms. The minimum Gasteiger partial charge on any atom is -0.244 e. The second-order valence-electron chi connectivity index (χ2n) is 6.91. The number of fused-ring (bicyclic) bond motifs is 1. The number of halogens is 1. The third-order valence-corrected chi connectivity index (χ3v) is 5.96. The molecule has 0 bridgehead atoms. The summed E-state index contributed by atoms with van der Waals surface area (Å²) in [4.78, 5) is 0. The van der Waals surface area contributed by atoms with Gasteiger partial charge in [-0.1, -0.05) is 44.9 Å². The van der Waals surface area contributed by atoms with E-state index < -0.39 is 5.67 Å². The first-order valence-electron chi connectivity index (χ1n) is 7.97. The van der Waals surface area contributed by atoms with Gasteiger partial charge < -0.3 is 0 Å². The van der Waals surface area contributed by atoms with E-state index in [-0.39, 0.29) is 0 Å². The minimum absolute atomic E-state index is 0.419. The van der Waals surface area contributed by atoms with Gasteiger partial charge in [-0.15, -0.1) is 0 Å². The van der Waals surface area contributed by atoms with Crippen molar-refractivity contribution in [2.45, 2.75) is 82.7 Å². The van der Waals surface area contributed by atoms with Crippen LogP contribution in [0.15, 0.2) is 0 Å². The second kappa shape index (κ2) is 4.90. The van der Waals surface area contributed by atoms with Gasteiger partial charge in [0.15, 0.2) is 0 Å². The summed E-state index contributed by atoms with van der Waals surface area (Å²) in [6, 6.07) is 0. The molecule has 0 spiro atoms. The maximum absolute atomic E-state index is 15.0. The van der Waals surface area contributed by atoms with Crippen LogP contribution in [0.3, 0.4) is 0 Å². The van der Waals surface area contributed by atoms with Crippen LogP contribution in [-0.4, -0.2) is 5.67 Å². The second-order valence-corrected chi connectivity index (χ2v) is 6.91. The van der Waals surface area contributed by atoms with Crippen molar-refractivity contribution in [3.8, 4) is 0 Å². The number of alkyl halides is 1. The summed E-state index contributed by atoms with van der Waals surface area (Å²) >= 11 is 0. The van der Waals surface area contributed by atoms with Crippen LogP contribution in [0.4, 0.5) is 4.39 Å². The Hall–Kier alpha value is -0.0700. The van der Waals surface area contributed by atoms with Crippen molar-refractivity contribution < 1.29 is 4.39 Å². The van der Waals surface area contributed by atoms with E-state index in [0.29, 0.717) is 5.92 Å². The lowest BCUT2D eigenvalue weighted by molar-refractivity contribution is -0.0134. The predicted octanol–water partition coefficient (Wildman–Crippen LogP) is 5.27. The summed E-state index contributed by atoms with van der Waals surface area (Å²) in [7, 11) is 0. The van der Waals surface area contributed by atoms with Gasteiger partial charge in [0.25, 0.3) is 0 Å². The molecule has 0 N–H and O–H groups in total. The van der Waals surface area contributed by atoms with Crippen molar-refractivity contribution >= 4 is 0 Å². The molecule has 0 aromatic carbocycles. The highest BCUT2D eigenvalue weighted by molar-refractivity contribution is 4.95. The first-order chi connectivity index (χ1) is 8.28. The summed E-state index contributed by atoms with van der Waals surface area (Å²) in [6.07, 6.45) is 14.7. The molecule has 0 saturated heterocycles. The molecule has 3 rings (SSSR count). The van der Waals surface area contributed by atoms with Crippen molar-refractivity contribution in [1.82, 2.24) is 0 Å². The number of hydrogen-bond donors (Lipinski definition) is 0. The van der Waals surface area contributed by atoms with Crippen LogP contribution in [0.25, 0.3) is 0 Å². The standard InChI is InChI=1S/C16H27F/c17-16(10-4-1-5-11-16)15-9-8-13-6-2-3-7-14(13)12-15/h13-15H,1-12H2. The van der Waals surface area contributed by atoms with Gasteiger partial charge in [0.2, 0.25) is 0 Å². The zero-order chi connectivity index (χ0) is 11.7. The Kier molecular flexibility index (Phi) is 3.45. The van der Waals surface area contributed by atoms with Crippen LogP contribution in [0.1, 0.15) is 77.0 Å². The fraction of sp³-hybridized carbons (Fsp3) is 1.00. The fourth-order valence-electron chi connectivity index (χ4n) is 4.89. The maximum atomic E-state index is 15.0. The van der Waals surface area contributed by atoms with E-state index in [2.05, 4.69) is 0 Å². The Bertz CT molecular complexity index is 254. The molecule has 3 atom stereocenters. The van der Waals surface area contributed by atoms with Crippen LogP contribution in [0, 0.1) is 17.8 Å². The summed E-state index contributed by atoms with van der Waals surface area (Å²) in [5.41, 5.74) is -0.763. The fourth-order valence-corrected chi connectivity index (χ4v) is 4.89. The van der Waals surface area contributed by atoms with Crippen LogP contribution in [-0.2, 0) is 0 Å². The highest BCUT2D eigenvalue weighted by Crippen LogP contribution is 2.50. The molecule has 3 fully saturated rings. The van der Waals surface area contributed by atoms with Crippen molar-refractivity contribution in [1.29, 1.82) is 0 Å². The highest BCUT2D eigenvalue weighted by Gasteiger charge is 2.44. The van der Waals surface area contributed by atoms with Gasteiger partial charge in [-0.2, -0.15) is 0 Å². The van der Waals surface area contributed by atoms with Crippen molar-refractivity contribution in [3.05, 3.63) is 0 Å². The summed E-state index contributed by atoms with van der Waals surface area (Å²) in [6.45, 7) is 0. The lowest BCUT2D eigenvalue weighted by Gasteiger charge is -2.45. The SMILES string of the molecule is FC1(C2CCC3CCCCC3C2)CCCCC1. The lowest BCUT2D eigenvalue weighted by Crippen LogP contribution is -2.41. The van der Waals surface area contributed by atoms with E-state index in [9.17, 15) is 0 Å². The molecule has 0 aliphatic heterocycles. The zero-order valence-electron chi connectivity index (χ0n) is 11.1. The molecule has 3 aliphatic carbocycles. The van der Waals surface area contributed by atoms with E-state index in [4.69, 9.17) is 0 Å². The van der Waals surface area contributed by atoms with Gasteiger partial charge in [-0.25, -0.2) is 4.39 Å². The first-order valence-corrected chi connectivity index (χ1v) is 7.97. The molecule has 98 valence electrons. The third kappa shape index (κ3) is 2.39. The molecule has 0 heterocycles. The summed E-state index contributed by atoms with van der Waals surface area (Å²) in [5, 5.41) is 0. The van der Waals surface area contributed by atoms with Crippen molar-refractivity contribution in [2.75, 3.05) is 0 Å². The summed E-state index contributed by atoms with van der Waals surface area (Å²) in [5.74, 6) is 2.27. The largest absolute Gasteiger partial charge is 0.244 e. The Morgan fingerprint density at radius 2 is 1.41 bits per heavy atom. The van der Waals surface area contributed by atoms with Gasteiger partial charge in [-0.3, -0.25) is 0 Å². The highest BCUT2D eigenvalue weighted by atomic mass is 19.1. The van der Waals surface area contributed by atoms with Crippen molar-refractivity contribution in [2.24, 2.45) is 17.8 Å². The van der Waals surface area contributed by atoms with E-state index in [1.807, 2.05) is 0 Å². The average molecular weight is 238 g/mol. The minimum atomic E-state index is -0.763. The molecule has 0 aromatic rings. The Balaban J connectivity index is 1.64. The maximum Gasteiger partial charge on any atom is 0.113 e. The quantitative estimate of drug-likeness (QED) is 0.584. The van der Waals surface area contributed by atoms with Gasteiger partial charge in [0.1, 0.15) is 5.67 Å².